The Morgan fingerprint density at radius 2 is 1.93 bits per heavy atom. The van der Waals surface area contributed by atoms with Crippen molar-refractivity contribution in [3.8, 4) is 0 Å². The number of anilines is 1. The molecule has 7 heteroatoms. The second-order valence-electron chi connectivity index (χ2n) is 5.92. The number of carbonyl (C=O) groups is 3. The number of hydrogen-bond acceptors (Lipinski definition) is 4. The summed E-state index contributed by atoms with van der Waals surface area (Å²) in [6.45, 7) is 1.66. The molecule has 0 aliphatic carbocycles. The Bertz CT molecular complexity index is 925. The molecule has 0 radical (unpaired) electrons. The molecule has 1 saturated heterocycles. The molecular weight excluding hydrogens is 367 g/mol. The number of hydrogen-bond donors (Lipinski definition) is 1. The molecule has 2 aromatic carbocycles. The molecule has 3 rings (SSSR count). The monoisotopic (exact) mass is 384 g/mol. The van der Waals surface area contributed by atoms with Gasteiger partial charge in [0.05, 0.1) is 4.91 Å². The summed E-state index contributed by atoms with van der Waals surface area (Å²) in [6, 6.07) is 13.0. The van der Waals surface area contributed by atoms with Crippen LogP contribution in [0.3, 0.4) is 0 Å². The molecule has 5 nitrogen and oxygen atoms in total. The molecule has 3 amide bonds. The molecule has 27 heavy (non-hydrogen) atoms. The van der Waals surface area contributed by atoms with Gasteiger partial charge in [0.2, 0.25) is 5.91 Å². The van der Waals surface area contributed by atoms with E-state index >= 15 is 0 Å². The van der Waals surface area contributed by atoms with E-state index in [0.29, 0.717) is 11.3 Å². The van der Waals surface area contributed by atoms with Crippen LogP contribution in [0.5, 0.6) is 0 Å². The number of nitrogens with zero attached hydrogens (tertiary/aromatic N) is 1. The first-order valence-electron chi connectivity index (χ1n) is 8.36. The van der Waals surface area contributed by atoms with Crippen LogP contribution in [0.25, 0.3) is 6.08 Å². The molecule has 1 N–H and O–H groups in total. The smallest absolute Gasteiger partial charge is 0.294 e. The number of thioether (sulfide) groups is 1. The van der Waals surface area contributed by atoms with E-state index in [2.05, 4.69) is 5.32 Å². The molecule has 1 aliphatic rings. The lowest BCUT2D eigenvalue weighted by molar-refractivity contribution is -0.127. The van der Waals surface area contributed by atoms with Gasteiger partial charge in [-0.25, -0.2) is 4.39 Å². The van der Waals surface area contributed by atoms with Crippen LogP contribution >= 0.6 is 11.8 Å². The summed E-state index contributed by atoms with van der Waals surface area (Å²) in [6.07, 6.45) is 2.33. The van der Waals surface area contributed by atoms with Gasteiger partial charge in [-0.2, -0.15) is 0 Å². The average molecular weight is 384 g/mol. The fourth-order valence-electron chi connectivity index (χ4n) is 2.55. The summed E-state index contributed by atoms with van der Waals surface area (Å²) in [5.41, 5.74) is 2.21. The van der Waals surface area contributed by atoms with E-state index < -0.39 is 22.9 Å². The Kier molecular flexibility index (Phi) is 5.71. The van der Waals surface area contributed by atoms with E-state index in [1.807, 2.05) is 19.1 Å². The molecule has 1 fully saturated rings. The van der Waals surface area contributed by atoms with Crippen LogP contribution in [0, 0.1) is 5.82 Å². The minimum Gasteiger partial charge on any atom is -0.325 e. The zero-order valence-corrected chi connectivity index (χ0v) is 15.4. The summed E-state index contributed by atoms with van der Waals surface area (Å²) in [5.74, 6) is -1.46. The number of rotatable bonds is 5. The van der Waals surface area contributed by atoms with Gasteiger partial charge in [-0.3, -0.25) is 19.3 Å². The van der Waals surface area contributed by atoms with Crippen LogP contribution in [-0.4, -0.2) is 28.5 Å². The van der Waals surface area contributed by atoms with Gasteiger partial charge in [0, 0.05) is 5.69 Å². The predicted molar refractivity (Wildman–Crippen MR) is 104 cm³/mol. The highest BCUT2D eigenvalue weighted by molar-refractivity contribution is 8.18. The van der Waals surface area contributed by atoms with Crippen molar-refractivity contribution in [2.45, 2.75) is 13.3 Å². The zero-order valence-electron chi connectivity index (χ0n) is 14.6. The van der Waals surface area contributed by atoms with Crippen molar-refractivity contribution in [1.82, 2.24) is 4.90 Å². The van der Waals surface area contributed by atoms with Gasteiger partial charge in [-0.1, -0.05) is 31.2 Å². The fraction of sp³-hybridized carbons (Fsp3) is 0.150. The van der Waals surface area contributed by atoms with Crippen LogP contribution in [0.2, 0.25) is 0 Å². The molecule has 2 aromatic rings. The molecule has 0 unspecified atom stereocenters. The number of carbonyl (C=O) groups excluding carboxylic acids is 3. The van der Waals surface area contributed by atoms with Crippen molar-refractivity contribution >= 4 is 40.6 Å². The van der Waals surface area contributed by atoms with Crippen LogP contribution in [-0.2, 0) is 16.0 Å². The summed E-state index contributed by atoms with van der Waals surface area (Å²) in [4.78, 5) is 37.7. The number of nitrogens with one attached hydrogen (secondary N) is 1. The molecule has 0 spiro atoms. The van der Waals surface area contributed by atoms with E-state index in [1.165, 1.54) is 24.3 Å². The van der Waals surface area contributed by atoms with Crippen molar-refractivity contribution in [1.29, 1.82) is 0 Å². The third-order valence-electron chi connectivity index (χ3n) is 3.97. The standard InChI is InChI=1S/C20H17FN2O3S/c1-2-13-6-8-16(9-7-13)22-18(24)12-23-19(25)17(27-20(23)26)11-14-4-3-5-15(21)10-14/h3-11H,2,12H2,1H3,(H,22,24)/b17-11+. The van der Waals surface area contributed by atoms with Crippen molar-refractivity contribution in [2.24, 2.45) is 0 Å². The molecule has 138 valence electrons. The summed E-state index contributed by atoms with van der Waals surface area (Å²) >= 11 is 0.732. The highest BCUT2D eigenvalue weighted by atomic mass is 32.2. The van der Waals surface area contributed by atoms with Gasteiger partial charge in [0.25, 0.3) is 11.1 Å². The second kappa shape index (κ2) is 8.18. The molecule has 0 atom stereocenters. The first-order chi connectivity index (χ1) is 13.0. The average Bonchev–Trinajstić information content (AvgIpc) is 2.90. The SMILES string of the molecule is CCc1ccc(NC(=O)CN2C(=O)S/C(=C/c3cccc(F)c3)C2=O)cc1. The van der Waals surface area contributed by atoms with Crippen molar-refractivity contribution in [2.75, 3.05) is 11.9 Å². The van der Waals surface area contributed by atoms with Crippen molar-refractivity contribution in [3.05, 3.63) is 70.4 Å². The lowest BCUT2D eigenvalue weighted by atomic mass is 10.1. The van der Waals surface area contributed by atoms with Gasteiger partial charge >= 0.3 is 0 Å². The topological polar surface area (TPSA) is 66.5 Å². The molecule has 0 bridgehead atoms. The van der Waals surface area contributed by atoms with Crippen LogP contribution in [0.15, 0.2) is 53.4 Å². The third-order valence-corrected chi connectivity index (χ3v) is 4.88. The van der Waals surface area contributed by atoms with Crippen molar-refractivity contribution < 1.29 is 18.8 Å². The Balaban J connectivity index is 1.67. The first-order valence-corrected chi connectivity index (χ1v) is 9.17. The Morgan fingerprint density at radius 1 is 1.19 bits per heavy atom. The maximum Gasteiger partial charge on any atom is 0.294 e. The number of imide groups is 1. The summed E-state index contributed by atoms with van der Waals surface area (Å²) in [5, 5.41) is 2.14. The normalized spacial score (nSPS) is 15.5. The Labute approximate surface area is 160 Å². The number of aryl methyl sites for hydroxylation is 1. The maximum absolute atomic E-state index is 13.3. The number of amides is 3. The quantitative estimate of drug-likeness (QED) is 0.790. The van der Waals surface area contributed by atoms with E-state index in [-0.39, 0.29) is 11.4 Å². The van der Waals surface area contributed by atoms with Gasteiger partial charge in [0.15, 0.2) is 0 Å². The van der Waals surface area contributed by atoms with Gasteiger partial charge in [-0.05, 0) is 59.7 Å². The highest BCUT2D eigenvalue weighted by Crippen LogP contribution is 2.32. The van der Waals surface area contributed by atoms with Gasteiger partial charge in [0.1, 0.15) is 12.4 Å². The van der Waals surface area contributed by atoms with E-state index in [9.17, 15) is 18.8 Å². The molecular formula is C20H17FN2O3S. The second-order valence-corrected chi connectivity index (χ2v) is 6.91. The van der Waals surface area contributed by atoms with E-state index in [1.54, 1.807) is 18.2 Å². The number of benzene rings is 2. The van der Waals surface area contributed by atoms with Gasteiger partial charge < -0.3 is 5.32 Å². The van der Waals surface area contributed by atoms with E-state index in [0.717, 1.165) is 28.6 Å². The zero-order chi connectivity index (χ0) is 19.4. The summed E-state index contributed by atoms with van der Waals surface area (Å²) in [7, 11) is 0. The van der Waals surface area contributed by atoms with Gasteiger partial charge in [-0.15, -0.1) is 0 Å². The van der Waals surface area contributed by atoms with E-state index in [4.69, 9.17) is 0 Å². The third kappa shape index (κ3) is 4.62. The Morgan fingerprint density at radius 3 is 2.59 bits per heavy atom. The first kappa shape index (κ1) is 18.8. The molecule has 1 aliphatic heterocycles. The Hall–Kier alpha value is -2.93. The minimum absolute atomic E-state index is 0.158. The maximum atomic E-state index is 13.3. The lowest BCUT2D eigenvalue weighted by Crippen LogP contribution is -2.36. The fourth-order valence-corrected chi connectivity index (χ4v) is 3.39. The summed E-state index contributed by atoms with van der Waals surface area (Å²) < 4.78 is 13.3. The van der Waals surface area contributed by atoms with Crippen LogP contribution < -0.4 is 5.32 Å². The predicted octanol–water partition coefficient (Wildman–Crippen LogP) is 4.06. The molecule has 0 saturated carbocycles. The minimum atomic E-state index is -0.564. The largest absolute Gasteiger partial charge is 0.325 e. The van der Waals surface area contributed by atoms with Crippen molar-refractivity contribution in [3.63, 3.8) is 0 Å². The lowest BCUT2D eigenvalue weighted by Gasteiger charge is -2.12. The highest BCUT2D eigenvalue weighted by Gasteiger charge is 2.36. The molecule has 0 aromatic heterocycles. The molecule has 1 heterocycles. The van der Waals surface area contributed by atoms with Crippen LogP contribution in [0.4, 0.5) is 14.9 Å². The number of halogens is 1. The van der Waals surface area contributed by atoms with Crippen LogP contribution in [0.1, 0.15) is 18.1 Å².